The first kappa shape index (κ1) is 15.0. The largest absolute Gasteiger partial charge is 0.389 e. The summed E-state index contributed by atoms with van der Waals surface area (Å²) in [6.07, 6.45) is -6.51. The van der Waals surface area contributed by atoms with Crippen LogP contribution in [0.25, 0.3) is 0 Å². The van der Waals surface area contributed by atoms with Gasteiger partial charge in [0.05, 0.1) is 11.8 Å². The van der Waals surface area contributed by atoms with Crippen LogP contribution in [0.2, 0.25) is 0 Å². The minimum absolute atomic E-state index is 0.151. The lowest BCUT2D eigenvalue weighted by atomic mass is 9.97. The van der Waals surface area contributed by atoms with Crippen molar-refractivity contribution in [1.82, 2.24) is 4.98 Å². The molecule has 18 heavy (non-hydrogen) atoms. The fourth-order valence-electron chi connectivity index (χ4n) is 1.48. The predicted molar refractivity (Wildman–Crippen MR) is 62.3 cm³/mol. The van der Waals surface area contributed by atoms with Crippen LogP contribution in [0.3, 0.4) is 0 Å². The first-order valence-electron chi connectivity index (χ1n) is 5.50. The smallest absolute Gasteiger partial charge is 0.124 e. The number of pyridine rings is 1. The average molecular weight is 258 g/mol. The van der Waals surface area contributed by atoms with E-state index in [4.69, 9.17) is 5.73 Å². The van der Waals surface area contributed by atoms with Gasteiger partial charge in [0.15, 0.2) is 0 Å². The number of hydrogen-bond acceptors (Lipinski definition) is 7. The second-order valence-corrected chi connectivity index (χ2v) is 3.97. The number of aliphatic hydroxyl groups is 5. The van der Waals surface area contributed by atoms with Crippen LogP contribution < -0.4 is 5.73 Å². The van der Waals surface area contributed by atoms with Crippen molar-refractivity contribution in [2.45, 2.75) is 30.5 Å². The molecule has 5 unspecified atom stereocenters. The number of aromatic nitrogens is 1. The topological polar surface area (TPSA) is 140 Å². The van der Waals surface area contributed by atoms with E-state index in [1.54, 1.807) is 12.1 Å². The van der Waals surface area contributed by atoms with Gasteiger partial charge in [-0.2, -0.15) is 0 Å². The summed E-state index contributed by atoms with van der Waals surface area (Å²) in [5, 5.41) is 47.8. The van der Waals surface area contributed by atoms with Gasteiger partial charge in [0.25, 0.3) is 0 Å². The number of hydrogen-bond donors (Lipinski definition) is 6. The van der Waals surface area contributed by atoms with Gasteiger partial charge in [-0.15, -0.1) is 0 Å². The van der Waals surface area contributed by atoms with Crippen molar-refractivity contribution >= 4 is 0 Å². The third-order valence-corrected chi connectivity index (χ3v) is 2.65. The molecule has 0 aliphatic rings. The Balaban J connectivity index is 2.72. The van der Waals surface area contributed by atoms with Gasteiger partial charge in [-0.05, 0) is 12.1 Å². The highest BCUT2D eigenvalue weighted by molar-refractivity contribution is 5.09. The molecule has 7 nitrogen and oxygen atoms in total. The molecule has 0 spiro atoms. The zero-order valence-electron chi connectivity index (χ0n) is 9.66. The van der Waals surface area contributed by atoms with Crippen LogP contribution in [-0.4, -0.2) is 61.5 Å². The Morgan fingerprint density at radius 3 is 2.17 bits per heavy atom. The van der Waals surface area contributed by atoms with E-state index in [-0.39, 0.29) is 12.2 Å². The van der Waals surface area contributed by atoms with Crippen molar-refractivity contribution in [1.29, 1.82) is 0 Å². The lowest BCUT2D eigenvalue weighted by molar-refractivity contribution is -0.133. The van der Waals surface area contributed by atoms with Crippen LogP contribution in [0, 0.1) is 0 Å². The van der Waals surface area contributed by atoms with Crippen LogP contribution in [0.1, 0.15) is 11.8 Å². The first-order valence-corrected chi connectivity index (χ1v) is 5.50. The van der Waals surface area contributed by atoms with Gasteiger partial charge in [0.2, 0.25) is 0 Å². The lowest BCUT2D eigenvalue weighted by Gasteiger charge is -2.28. The van der Waals surface area contributed by atoms with Gasteiger partial charge in [-0.3, -0.25) is 4.98 Å². The Bertz CT molecular complexity index is 351. The highest BCUT2D eigenvalue weighted by Crippen LogP contribution is 2.19. The highest BCUT2D eigenvalue weighted by Gasteiger charge is 2.34. The van der Waals surface area contributed by atoms with Crippen molar-refractivity contribution < 1.29 is 25.5 Å². The molecule has 0 amide bonds. The monoisotopic (exact) mass is 258 g/mol. The first-order chi connectivity index (χ1) is 8.49. The number of rotatable bonds is 6. The van der Waals surface area contributed by atoms with Crippen molar-refractivity contribution in [3.05, 3.63) is 30.1 Å². The summed E-state index contributed by atoms with van der Waals surface area (Å²) in [6.45, 7) is -0.273. The van der Waals surface area contributed by atoms with Crippen LogP contribution in [0.15, 0.2) is 24.4 Å². The molecule has 0 aliphatic heterocycles. The summed E-state index contributed by atoms with van der Waals surface area (Å²) in [5.74, 6) is 0. The van der Waals surface area contributed by atoms with Crippen molar-refractivity contribution in [2.75, 3.05) is 6.54 Å². The Labute approximate surface area is 104 Å². The van der Waals surface area contributed by atoms with Crippen LogP contribution in [0.5, 0.6) is 0 Å². The molecule has 1 heterocycles. The second kappa shape index (κ2) is 6.74. The molecule has 1 aromatic heterocycles. The molecule has 0 saturated carbocycles. The molecule has 1 aromatic rings. The zero-order valence-corrected chi connectivity index (χ0v) is 9.66. The summed E-state index contributed by atoms with van der Waals surface area (Å²) < 4.78 is 0. The van der Waals surface area contributed by atoms with E-state index >= 15 is 0 Å². The standard InChI is InChI=1S/C11H18N2O5/c12-5-7(14)9(16)11(18)10(17)8(15)6-3-1-2-4-13-6/h1-4,7-11,14-18H,5,12H2. The Kier molecular flexibility index (Phi) is 5.60. The Morgan fingerprint density at radius 2 is 1.67 bits per heavy atom. The Hall–Kier alpha value is -1.09. The molecule has 0 saturated heterocycles. The average Bonchev–Trinajstić information content (AvgIpc) is 2.44. The fraction of sp³-hybridized carbons (Fsp3) is 0.545. The van der Waals surface area contributed by atoms with Gasteiger partial charge < -0.3 is 31.3 Å². The molecule has 0 fully saturated rings. The van der Waals surface area contributed by atoms with Crippen molar-refractivity contribution in [3.63, 3.8) is 0 Å². The molecule has 0 aromatic carbocycles. The van der Waals surface area contributed by atoms with Crippen molar-refractivity contribution in [3.8, 4) is 0 Å². The molecule has 0 radical (unpaired) electrons. The van der Waals surface area contributed by atoms with E-state index in [0.29, 0.717) is 0 Å². The molecular formula is C11H18N2O5. The third-order valence-electron chi connectivity index (χ3n) is 2.65. The van der Waals surface area contributed by atoms with Gasteiger partial charge in [0, 0.05) is 12.7 Å². The summed E-state index contributed by atoms with van der Waals surface area (Å²) >= 11 is 0. The predicted octanol–water partition coefficient (Wildman–Crippen LogP) is -2.48. The molecule has 0 aliphatic carbocycles. The maximum absolute atomic E-state index is 9.77. The van der Waals surface area contributed by atoms with E-state index in [0.717, 1.165) is 0 Å². The van der Waals surface area contributed by atoms with E-state index in [1.807, 2.05) is 0 Å². The van der Waals surface area contributed by atoms with E-state index in [2.05, 4.69) is 4.98 Å². The summed E-state index contributed by atoms with van der Waals surface area (Å²) in [7, 11) is 0. The third kappa shape index (κ3) is 3.45. The summed E-state index contributed by atoms with van der Waals surface area (Å²) in [5.41, 5.74) is 5.27. The normalized spacial score (nSPS) is 19.9. The van der Waals surface area contributed by atoms with E-state index in [9.17, 15) is 25.5 Å². The Morgan fingerprint density at radius 1 is 1.00 bits per heavy atom. The maximum Gasteiger partial charge on any atom is 0.124 e. The quantitative estimate of drug-likeness (QED) is 0.332. The van der Waals surface area contributed by atoms with Gasteiger partial charge in [-0.25, -0.2) is 0 Å². The molecule has 7 N–H and O–H groups in total. The van der Waals surface area contributed by atoms with E-state index < -0.39 is 30.5 Å². The molecule has 7 heteroatoms. The highest BCUT2D eigenvalue weighted by atomic mass is 16.4. The SMILES string of the molecule is NCC(O)C(O)C(O)C(O)C(O)c1ccccn1. The lowest BCUT2D eigenvalue weighted by Crippen LogP contribution is -2.49. The van der Waals surface area contributed by atoms with Crippen LogP contribution >= 0.6 is 0 Å². The minimum atomic E-state index is -1.74. The van der Waals surface area contributed by atoms with E-state index in [1.165, 1.54) is 12.3 Å². The molecule has 0 bridgehead atoms. The summed E-state index contributed by atoms with van der Waals surface area (Å²) in [6, 6.07) is 4.70. The molecule has 5 atom stereocenters. The van der Waals surface area contributed by atoms with Gasteiger partial charge in [0.1, 0.15) is 24.4 Å². The number of aliphatic hydroxyl groups excluding tert-OH is 5. The minimum Gasteiger partial charge on any atom is -0.389 e. The van der Waals surface area contributed by atoms with Gasteiger partial charge in [-0.1, -0.05) is 6.07 Å². The number of nitrogens with zero attached hydrogens (tertiary/aromatic N) is 1. The van der Waals surface area contributed by atoms with Crippen LogP contribution in [-0.2, 0) is 0 Å². The van der Waals surface area contributed by atoms with Gasteiger partial charge >= 0.3 is 0 Å². The fourth-order valence-corrected chi connectivity index (χ4v) is 1.48. The molecule has 1 rings (SSSR count). The van der Waals surface area contributed by atoms with Crippen molar-refractivity contribution in [2.24, 2.45) is 5.73 Å². The number of nitrogens with two attached hydrogens (primary N) is 1. The van der Waals surface area contributed by atoms with Crippen LogP contribution in [0.4, 0.5) is 0 Å². The summed E-state index contributed by atoms with van der Waals surface area (Å²) in [4.78, 5) is 3.82. The maximum atomic E-state index is 9.77. The second-order valence-electron chi connectivity index (χ2n) is 3.97. The zero-order chi connectivity index (χ0) is 13.7. The molecular weight excluding hydrogens is 240 g/mol. The molecule has 102 valence electrons.